The van der Waals surface area contributed by atoms with Gasteiger partial charge in [-0.1, -0.05) is 60.7 Å². The average molecular weight is 398 g/mol. The van der Waals surface area contributed by atoms with Crippen LogP contribution >= 0.6 is 0 Å². The van der Waals surface area contributed by atoms with Crippen molar-refractivity contribution in [3.05, 3.63) is 96.1 Å². The molecule has 2 atom stereocenters. The van der Waals surface area contributed by atoms with Gasteiger partial charge in [-0.3, -0.25) is 20.6 Å². The molecule has 0 saturated carbocycles. The lowest BCUT2D eigenvalue weighted by atomic mass is 9.94. The van der Waals surface area contributed by atoms with Crippen molar-refractivity contribution in [1.29, 1.82) is 10.8 Å². The van der Waals surface area contributed by atoms with Crippen molar-refractivity contribution in [3.63, 3.8) is 0 Å². The van der Waals surface area contributed by atoms with Gasteiger partial charge in [-0.15, -0.1) is 0 Å². The molecule has 6 nitrogen and oxygen atoms in total. The maximum Gasteiger partial charge on any atom is 0.289 e. The van der Waals surface area contributed by atoms with Gasteiger partial charge in [0.25, 0.3) is 12.0 Å². The molecule has 0 aromatic heterocycles. The van der Waals surface area contributed by atoms with Crippen molar-refractivity contribution in [1.82, 2.24) is 0 Å². The number of nitrogens with one attached hydrogen (secondary N) is 2. The van der Waals surface area contributed by atoms with E-state index in [0.29, 0.717) is 13.2 Å². The molecule has 0 radical (unpaired) electrons. The van der Waals surface area contributed by atoms with Crippen molar-refractivity contribution >= 4 is 23.4 Å². The largest absolute Gasteiger partial charge is 0.462 e. The summed E-state index contributed by atoms with van der Waals surface area (Å²) in [6, 6.07) is 28.0. The summed E-state index contributed by atoms with van der Waals surface area (Å²) in [5, 5.41) is 16.7. The van der Waals surface area contributed by atoms with Crippen LogP contribution in [-0.2, 0) is 9.47 Å². The quantitative estimate of drug-likeness (QED) is 0.667. The number of hydrogen-bond acceptors (Lipinski definition) is 4. The minimum absolute atomic E-state index is 0.122. The maximum atomic E-state index is 8.34. The Morgan fingerprint density at radius 1 is 0.567 bits per heavy atom. The number of benzene rings is 3. The van der Waals surface area contributed by atoms with Crippen LogP contribution in [0.25, 0.3) is 0 Å². The predicted molar refractivity (Wildman–Crippen MR) is 117 cm³/mol. The van der Waals surface area contributed by atoms with Gasteiger partial charge in [0.1, 0.15) is 13.2 Å². The second-order valence-electron chi connectivity index (χ2n) is 7.30. The molecule has 0 bridgehead atoms. The number of hydrogen-bond donors (Lipinski definition) is 2. The second kappa shape index (κ2) is 7.55. The van der Waals surface area contributed by atoms with Gasteiger partial charge in [-0.2, -0.15) is 0 Å². The Morgan fingerprint density at radius 2 is 0.933 bits per heavy atom. The van der Waals surface area contributed by atoms with E-state index in [0.717, 1.165) is 22.5 Å². The van der Waals surface area contributed by atoms with E-state index in [1.54, 1.807) is 0 Å². The summed E-state index contributed by atoms with van der Waals surface area (Å²) in [5.41, 5.74) is 4.01. The Hall–Kier alpha value is -3.80. The monoisotopic (exact) mass is 398 g/mol. The minimum Gasteiger partial charge on any atom is -0.462 e. The lowest BCUT2D eigenvalue weighted by Gasteiger charge is -2.29. The predicted octanol–water partition coefficient (Wildman–Crippen LogP) is 4.71. The van der Waals surface area contributed by atoms with E-state index in [1.807, 2.05) is 82.6 Å². The fourth-order valence-corrected chi connectivity index (χ4v) is 4.23. The lowest BCUT2D eigenvalue weighted by molar-refractivity contribution is 0.319. The van der Waals surface area contributed by atoms with E-state index in [1.165, 1.54) is 0 Å². The van der Waals surface area contributed by atoms with Crippen LogP contribution in [0.1, 0.15) is 23.2 Å². The summed E-state index contributed by atoms with van der Waals surface area (Å²) in [4.78, 5) is 3.85. The molecular weight excluding hydrogens is 376 g/mol. The number of rotatable bonds is 4. The Kier molecular flexibility index (Phi) is 4.59. The van der Waals surface area contributed by atoms with Gasteiger partial charge in [0.05, 0.1) is 12.1 Å². The number of para-hydroxylation sites is 2. The van der Waals surface area contributed by atoms with Gasteiger partial charge >= 0.3 is 0 Å². The summed E-state index contributed by atoms with van der Waals surface area (Å²) >= 11 is 0. The SMILES string of the molecule is N=C1OCC(c2ccccc2C2COC(=N)N2c2ccccc2)N1c1ccccc1. The number of nitrogens with zero attached hydrogens (tertiary/aromatic N) is 2. The van der Waals surface area contributed by atoms with Crippen molar-refractivity contribution in [2.24, 2.45) is 0 Å². The van der Waals surface area contributed by atoms with Gasteiger partial charge in [-0.05, 0) is 35.4 Å². The van der Waals surface area contributed by atoms with E-state index in [4.69, 9.17) is 20.3 Å². The zero-order chi connectivity index (χ0) is 20.5. The van der Waals surface area contributed by atoms with Crippen LogP contribution in [0, 0.1) is 10.8 Å². The highest BCUT2D eigenvalue weighted by Crippen LogP contribution is 2.40. The highest BCUT2D eigenvalue weighted by Gasteiger charge is 2.39. The summed E-state index contributed by atoms with van der Waals surface area (Å²) in [7, 11) is 0. The first-order chi connectivity index (χ1) is 14.7. The Bertz CT molecular complexity index is 984. The molecule has 2 N–H and O–H groups in total. The molecule has 3 aromatic rings. The van der Waals surface area contributed by atoms with Crippen LogP contribution < -0.4 is 9.80 Å². The van der Waals surface area contributed by atoms with Crippen LogP contribution in [0.4, 0.5) is 11.4 Å². The third-order valence-electron chi connectivity index (χ3n) is 5.60. The van der Waals surface area contributed by atoms with E-state index in [9.17, 15) is 0 Å². The minimum atomic E-state index is -0.122. The molecule has 0 aliphatic carbocycles. The molecule has 6 heteroatoms. The summed E-state index contributed by atoms with van der Waals surface area (Å²) in [6.07, 6.45) is 0. The lowest BCUT2D eigenvalue weighted by Crippen LogP contribution is -2.31. The molecule has 3 aromatic carbocycles. The highest BCUT2D eigenvalue weighted by atomic mass is 16.5. The first kappa shape index (κ1) is 18.2. The summed E-state index contributed by atoms with van der Waals surface area (Å²) in [5.74, 6) is 0. The Balaban J connectivity index is 1.56. The number of amidine groups is 2. The molecule has 150 valence electrons. The van der Waals surface area contributed by atoms with Gasteiger partial charge in [0.15, 0.2) is 0 Å². The van der Waals surface area contributed by atoms with Crippen molar-refractivity contribution in [2.45, 2.75) is 12.1 Å². The van der Waals surface area contributed by atoms with Crippen LogP contribution in [0.3, 0.4) is 0 Å². The molecule has 2 saturated heterocycles. The number of ether oxygens (including phenoxy) is 2. The van der Waals surface area contributed by atoms with E-state index in [2.05, 4.69) is 12.1 Å². The topological polar surface area (TPSA) is 72.6 Å². The maximum absolute atomic E-state index is 8.34. The van der Waals surface area contributed by atoms with E-state index in [-0.39, 0.29) is 24.1 Å². The van der Waals surface area contributed by atoms with Crippen molar-refractivity contribution in [2.75, 3.05) is 23.0 Å². The fourth-order valence-electron chi connectivity index (χ4n) is 4.23. The first-order valence-corrected chi connectivity index (χ1v) is 9.94. The molecular formula is C24H22N4O2. The molecule has 0 amide bonds. The molecule has 2 unspecified atom stereocenters. The third-order valence-corrected chi connectivity index (χ3v) is 5.60. The van der Waals surface area contributed by atoms with E-state index >= 15 is 0 Å². The molecule has 2 aliphatic rings. The molecule has 2 aliphatic heterocycles. The third kappa shape index (κ3) is 3.06. The smallest absolute Gasteiger partial charge is 0.289 e. The Morgan fingerprint density at radius 3 is 1.33 bits per heavy atom. The normalized spacial score (nSPS) is 20.9. The number of anilines is 2. The van der Waals surface area contributed by atoms with Crippen LogP contribution in [0.5, 0.6) is 0 Å². The fraction of sp³-hybridized carbons (Fsp3) is 0.167. The summed E-state index contributed by atoms with van der Waals surface area (Å²) < 4.78 is 11.3. The van der Waals surface area contributed by atoms with Crippen LogP contribution in [0.15, 0.2) is 84.9 Å². The van der Waals surface area contributed by atoms with E-state index < -0.39 is 0 Å². The van der Waals surface area contributed by atoms with Crippen LogP contribution in [-0.4, -0.2) is 25.3 Å². The molecule has 0 spiro atoms. The van der Waals surface area contributed by atoms with Crippen LogP contribution in [0.2, 0.25) is 0 Å². The zero-order valence-corrected chi connectivity index (χ0v) is 16.4. The second-order valence-corrected chi connectivity index (χ2v) is 7.30. The standard InChI is InChI=1S/C24H22N4O2/c25-23-27(17-9-3-1-4-10-17)21(15-29-23)19-13-7-8-14-20(19)22-16-30-24(26)28(22)18-11-5-2-6-12-18/h1-14,21-22,25-26H,15-16H2. The van der Waals surface area contributed by atoms with Gasteiger partial charge in [0.2, 0.25) is 0 Å². The van der Waals surface area contributed by atoms with Crippen molar-refractivity contribution < 1.29 is 9.47 Å². The molecule has 30 heavy (non-hydrogen) atoms. The van der Waals surface area contributed by atoms with Gasteiger partial charge < -0.3 is 9.47 Å². The molecule has 2 fully saturated rings. The van der Waals surface area contributed by atoms with Crippen molar-refractivity contribution in [3.8, 4) is 0 Å². The first-order valence-electron chi connectivity index (χ1n) is 9.94. The highest BCUT2D eigenvalue weighted by molar-refractivity contribution is 5.93. The Labute approximate surface area is 175 Å². The van der Waals surface area contributed by atoms with Gasteiger partial charge in [0, 0.05) is 11.4 Å². The molecule has 2 heterocycles. The molecule has 5 rings (SSSR count). The summed E-state index contributed by atoms with van der Waals surface area (Å²) in [6.45, 7) is 0.808. The average Bonchev–Trinajstić information content (AvgIpc) is 3.37. The zero-order valence-electron chi connectivity index (χ0n) is 16.4. The van der Waals surface area contributed by atoms with Gasteiger partial charge in [-0.25, -0.2) is 0 Å².